The monoisotopic (exact) mass is 201 g/mol. The van der Waals surface area contributed by atoms with E-state index in [0.717, 1.165) is 18.9 Å². The number of rotatable bonds is 8. The summed E-state index contributed by atoms with van der Waals surface area (Å²) in [6.07, 6.45) is 3.60. The summed E-state index contributed by atoms with van der Waals surface area (Å²) in [5, 5.41) is 3.11. The number of carbonyl (C=O) groups excluding carboxylic acids is 1. The molecule has 0 saturated heterocycles. The third kappa shape index (κ3) is 8.01. The second-order valence-corrected chi connectivity index (χ2v) is 4.10. The average molecular weight is 201 g/mol. The second kappa shape index (κ2) is 7.76. The molecule has 0 spiro atoms. The summed E-state index contributed by atoms with van der Waals surface area (Å²) >= 11 is 0. The predicted octanol–water partition coefficient (Wildman–Crippen LogP) is 0.215. The Bertz CT molecular complexity index is 159. The molecule has 0 fully saturated rings. The van der Waals surface area contributed by atoms with Gasteiger partial charge >= 0.3 is 0 Å². The van der Waals surface area contributed by atoms with Crippen LogP contribution in [0.1, 0.15) is 33.1 Å². The van der Waals surface area contributed by atoms with Crippen LogP contribution in [-0.4, -0.2) is 25.0 Å². The Morgan fingerprint density at radius 2 is 2.00 bits per heavy atom. The molecule has 4 nitrogen and oxygen atoms in total. The minimum absolute atomic E-state index is 0.445. The van der Waals surface area contributed by atoms with E-state index in [-0.39, 0.29) is 0 Å². The van der Waals surface area contributed by atoms with Gasteiger partial charge in [0.2, 0.25) is 5.91 Å². The molecule has 0 aliphatic rings. The molecule has 0 aromatic rings. The van der Waals surface area contributed by atoms with Gasteiger partial charge in [-0.05, 0) is 18.9 Å². The Labute approximate surface area is 86.4 Å². The molecule has 5 N–H and O–H groups in total. The first-order chi connectivity index (χ1) is 6.54. The van der Waals surface area contributed by atoms with Gasteiger partial charge in [0.05, 0.1) is 6.04 Å². The van der Waals surface area contributed by atoms with Crippen molar-refractivity contribution in [2.75, 3.05) is 13.1 Å². The molecule has 1 atom stereocenters. The van der Waals surface area contributed by atoms with E-state index in [1.807, 2.05) is 0 Å². The maximum atomic E-state index is 10.6. The Balaban J connectivity index is 3.17. The first-order valence-electron chi connectivity index (χ1n) is 5.29. The topological polar surface area (TPSA) is 81.1 Å². The molecule has 0 bridgehead atoms. The van der Waals surface area contributed by atoms with Crippen LogP contribution in [0.3, 0.4) is 0 Å². The van der Waals surface area contributed by atoms with Crippen LogP contribution in [0.5, 0.6) is 0 Å². The van der Waals surface area contributed by atoms with Crippen LogP contribution in [0.2, 0.25) is 0 Å². The van der Waals surface area contributed by atoms with Crippen molar-refractivity contribution in [3.63, 3.8) is 0 Å². The smallest absolute Gasteiger partial charge is 0.235 e. The molecule has 0 rings (SSSR count). The number of carbonyl (C=O) groups is 1. The molecule has 0 saturated carbocycles. The van der Waals surface area contributed by atoms with Crippen molar-refractivity contribution < 1.29 is 4.79 Å². The van der Waals surface area contributed by atoms with E-state index in [1.165, 1.54) is 12.8 Å². The zero-order chi connectivity index (χ0) is 11.0. The molecule has 14 heavy (non-hydrogen) atoms. The first-order valence-corrected chi connectivity index (χ1v) is 5.29. The van der Waals surface area contributed by atoms with Crippen LogP contribution in [-0.2, 0) is 4.79 Å². The molecule has 1 amide bonds. The maximum absolute atomic E-state index is 10.6. The molecule has 0 aliphatic carbocycles. The van der Waals surface area contributed by atoms with Gasteiger partial charge in [0, 0.05) is 6.54 Å². The highest BCUT2D eigenvalue weighted by Gasteiger charge is 2.06. The maximum Gasteiger partial charge on any atom is 0.235 e. The van der Waals surface area contributed by atoms with Crippen LogP contribution in [0, 0.1) is 5.92 Å². The third-order valence-electron chi connectivity index (χ3n) is 2.11. The third-order valence-corrected chi connectivity index (χ3v) is 2.11. The molecule has 0 heterocycles. The standard InChI is InChI=1S/C10H23N3O/c1-8(2)5-3-4-6-13-7-9(11)10(12)14/h8-9,13H,3-7,11H2,1-2H3,(H2,12,14). The number of hydrogen-bond donors (Lipinski definition) is 3. The largest absolute Gasteiger partial charge is 0.368 e. The Morgan fingerprint density at radius 1 is 1.36 bits per heavy atom. The molecule has 0 radical (unpaired) electrons. The van der Waals surface area contributed by atoms with Crippen molar-refractivity contribution in [1.29, 1.82) is 0 Å². The number of nitrogens with one attached hydrogen (secondary N) is 1. The van der Waals surface area contributed by atoms with E-state index in [2.05, 4.69) is 19.2 Å². The fourth-order valence-corrected chi connectivity index (χ4v) is 1.16. The van der Waals surface area contributed by atoms with Crippen molar-refractivity contribution in [1.82, 2.24) is 5.32 Å². The van der Waals surface area contributed by atoms with E-state index in [1.54, 1.807) is 0 Å². The van der Waals surface area contributed by atoms with Gasteiger partial charge in [0.15, 0.2) is 0 Å². The number of primary amides is 1. The van der Waals surface area contributed by atoms with Gasteiger partial charge in [-0.15, -0.1) is 0 Å². The first kappa shape index (κ1) is 13.4. The van der Waals surface area contributed by atoms with Gasteiger partial charge in [-0.1, -0.05) is 26.7 Å². The van der Waals surface area contributed by atoms with Crippen LogP contribution < -0.4 is 16.8 Å². The quantitative estimate of drug-likeness (QED) is 0.491. The van der Waals surface area contributed by atoms with E-state index in [4.69, 9.17) is 11.5 Å². The van der Waals surface area contributed by atoms with Crippen molar-refractivity contribution in [3.8, 4) is 0 Å². The van der Waals surface area contributed by atoms with Gasteiger partial charge in [-0.25, -0.2) is 0 Å². The molecule has 84 valence electrons. The van der Waals surface area contributed by atoms with Crippen LogP contribution in [0.15, 0.2) is 0 Å². The van der Waals surface area contributed by atoms with E-state index >= 15 is 0 Å². The Morgan fingerprint density at radius 3 is 2.50 bits per heavy atom. The zero-order valence-corrected chi connectivity index (χ0v) is 9.25. The van der Waals surface area contributed by atoms with Gasteiger partial charge in [-0.3, -0.25) is 4.79 Å². The summed E-state index contributed by atoms with van der Waals surface area (Å²) in [7, 11) is 0. The summed E-state index contributed by atoms with van der Waals surface area (Å²) in [5.74, 6) is 0.322. The van der Waals surface area contributed by atoms with E-state index in [9.17, 15) is 4.79 Å². The minimum Gasteiger partial charge on any atom is -0.368 e. The summed E-state index contributed by atoms with van der Waals surface area (Å²) in [6.45, 7) is 5.83. The molecular weight excluding hydrogens is 178 g/mol. The summed E-state index contributed by atoms with van der Waals surface area (Å²) in [5.41, 5.74) is 10.5. The number of amides is 1. The number of unbranched alkanes of at least 4 members (excludes halogenated alkanes) is 1. The fraction of sp³-hybridized carbons (Fsp3) is 0.900. The van der Waals surface area contributed by atoms with E-state index < -0.39 is 11.9 Å². The molecule has 1 unspecified atom stereocenters. The van der Waals surface area contributed by atoms with Crippen LogP contribution in [0.4, 0.5) is 0 Å². The molecular formula is C10H23N3O. The summed E-state index contributed by atoms with van der Waals surface area (Å²) in [4.78, 5) is 10.6. The van der Waals surface area contributed by atoms with Crippen molar-refractivity contribution in [3.05, 3.63) is 0 Å². The summed E-state index contributed by atoms with van der Waals surface area (Å²) in [6, 6.07) is -0.555. The molecule has 0 aromatic carbocycles. The normalized spacial score (nSPS) is 13.1. The molecule has 0 aliphatic heterocycles. The highest BCUT2D eigenvalue weighted by Crippen LogP contribution is 2.04. The second-order valence-electron chi connectivity index (χ2n) is 4.10. The van der Waals surface area contributed by atoms with Crippen molar-refractivity contribution in [2.24, 2.45) is 17.4 Å². The highest BCUT2D eigenvalue weighted by atomic mass is 16.1. The van der Waals surface area contributed by atoms with Gasteiger partial charge in [-0.2, -0.15) is 0 Å². The SMILES string of the molecule is CC(C)CCCCNCC(N)C(N)=O. The number of hydrogen-bond acceptors (Lipinski definition) is 3. The lowest BCUT2D eigenvalue weighted by Gasteiger charge is -2.09. The predicted molar refractivity (Wildman–Crippen MR) is 58.7 cm³/mol. The average Bonchev–Trinajstić information content (AvgIpc) is 2.09. The van der Waals surface area contributed by atoms with Crippen molar-refractivity contribution in [2.45, 2.75) is 39.2 Å². The van der Waals surface area contributed by atoms with Crippen LogP contribution in [0.25, 0.3) is 0 Å². The van der Waals surface area contributed by atoms with Gasteiger partial charge in [0.25, 0.3) is 0 Å². The lowest BCUT2D eigenvalue weighted by Crippen LogP contribution is -2.44. The fourth-order valence-electron chi connectivity index (χ4n) is 1.16. The summed E-state index contributed by atoms with van der Waals surface area (Å²) < 4.78 is 0. The lowest BCUT2D eigenvalue weighted by atomic mass is 10.1. The Hall–Kier alpha value is -0.610. The van der Waals surface area contributed by atoms with Crippen molar-refractivity contribution >= 4 is 5.91 Å². The van der Waals surface area contributed by atoms with Crippen LogP contribution >= 0.6 is 0 Å². The zero-order valence-electron chi connectivity index (χ0n) is 9.25. The van der Waals surface area contributed by atoms with Gasteiger partial charge < -0.3 is 16.8 Å². The molecule has 0 aromatic heterocycles. The Kier molecular flexibility index (Phi) is 7.42. The van der Waals surface area contributed by atoms with E-state index in [0.29, 0.717) is 6.54 Å². The van der Waals surface area contributed by atoms with Gasteiger partial charge in [0.1, 0.15) is 0 Å². The number of nitrogens with two attached hydrogens (primary N) is 2. The lowest BCUT2D eigenvalue weighted by molar-refractivity contribution is -0.119. The molecule has 4 heteroatoms. The minimum atomic E-state index is -0.555. The highest BCUT2D eigenvalue weighted by molar-refractivity contribution is 5.79.